The summed E-state index contributed by atoms with van der Waals surface area (Å²) < 4.78 is 16.1. The van der Waals surface area contributed by atoms with Gasteiger partial charge in [-0.05, 0) is 37.6 Å². The third-order valence-electron chi connectivity index (χ3n) is 3.35. The fourth-order valence-electron chi connectivity index (χ4n) is 2.45. The Bertz CT molecular complexity index is 757. The van der Waals surface area contributed by atoms with Gasteiger partial charge in [-0.15, -0.1) is 11.6 Å². The molecular weight excluding hydrogens is 275 g/mol. The molecule has 1 heterocycles. The van der Waals surface area contributed by atoms with Crippen molar-refractivity contribution in [2.45, 2.75) is 19.2 Å². The Labute approximate surface area is 121 Å². The van der Waals surface area contributed by atoms with E-state index in [1.54, 1.807) is 6.07 Å². The van der Waals surface area contributed by atoms with Gasteiger partial charge in [-0.3, -0.25) is 4.57 Å². The van der Waals surface area contributed by atoms with Crippen molar-refractivity contribution in [2.75, 3.05) is 0 Å². The Morgan fingerprint density at radius 3 is 2.60 bits per heavy atom. The van der Waals surface area contributed by atoms with Crippen LogP contribution in [0.1, 0.15) is 23.7 Å². The van der Waals surface area contributed by atoms with E-state index in [1.807, 2.05) is 48.7 Å². The lowest BCUT2D eigenvalue weighted by atomic mass is 10.1. The third-order valence-corrected chi connectivity index (χ3v) is 3.55. The van der Waals surface area contributed by atoms with Gasteiger partial charge >= 0.3 is 0 Å². The first-order valence-electron chi connectivity index (χ1n) is 6.46. The zero-order valence-corrected chi connectivity index (χ0v) is 12.0. The van der Waals surface area contributed by atoms with E-state index in [1.165, 1.54) is 6.07 Å². The molecule has 0 bridgehead atoms. The molecule has 0 aliphatic heterocycles. The zero-order valence-electron chi connectivity index (χ0n) is 11.3. The number of alkyl halides is 1. The number of fused-ring (bicyclic) bond motifs is 1. The Hall–Kier alpha value is -1.87. The lowest BCUT2D eigenvalue weighted by molar-refractivity contribution is 0.615. The SMILES string of the molecule is Cc1cccc(F)c1-n1c(C(C)Cl)nc2ccccc21. The Balaban J connectivity index is 2.43. The van der Waals surface area contributed by atoms with E-state index in [2.05, 4.69) is 4.98 Å². The highest BCUT2D eigenvalue weighted by molar-refractivity contribution is 6.20. The molecule has 3 aromatic rings. The molecule has 1 aromatic heterocycles. The average Bonchev–Trinajstić information content (AvgIpc) is 2.78. The fraction of sp³-hybridized carbons (Fsp3) is 0.188. The van der Waals surface area contributed by atoms with Crippen LogP contribution in [0, 0.1) is 12.7 Å². The molecule has 102 valence electrons. The Morgan fingerprint density at radius 1 is 1.15 bits per heavy atom. The van der Waals surface area contributed by atoms with Crippen LogP contribution in [-0.2, 0) is 0 Å². The largest absolute Gasteiger partial charge is 0.292 e. The van der Waals surface area contributed by atoms with E-state index in [-0.39, 0.29) is 11.2 Å². The highest BCUT2D eigenvalue weighted by atomic mass is 35.5. The number of hydrogen-bond acceptors (Lipinski definition) is 1. The Kier molecular flexibility index (Phi) is 3.22. The molecule has 0 aliphatic carbocycles. The van der Waals surface area contributed by atoms with Crippen molar-refractivity contribution in [3.05, 3.63) is 59.7 Å². The van der Waals surface area contributed by atoms with Gasteiger partial charge < -0.3 is 0 Å². The molecule has 2 aromatic carbocycles. The van der Waals surface area contributed by atoms with Gasteiger partial charge in [0.2, 0.25) is 0 Å². The van der Waals surface area contributed by atoms with Crippen LogP contribution in [0.15, 0.2) is 42.5 Å². The second-order valence-electron chi connectivity index (χ2n) is 4.82. The van der Waals surface area contributed by atoms with Crippen molar-refractivity contribution in [1.29, 1.82) is 0 Å². The topological polar surface area (TPSA) is 17.8 Å². The molecule has 0 fully saturated rings. The monoisotopic (exact) mass is 288 g/mol. The quantitative estimate of drug-likeness (QED) is 0.621. The van der Waals surface area contributed by atoms with Gasteiger partial charge in [-0.25, -0.2) is 9.37 Å². The van der Waals surface area contributed by atoms with Crippen LogP contribution in [0.4, 0.5) is 4.39 Å². The van der Waals surface area contributed by atoms with Gasteiger partial charge in [0.15, 0.2) is 0 Å². The maximum absolute atomic E-state index is 14.3. The van der Waals surface area contributed by atoms with Crippen LogP contribution < -0.4 is 0 Å². The molecule has 4 heteroatoms. The molecule has 0 saturated carbocycles. The number of aryl methyl sites for hydroxylation is 1. The summed E-state index contributed by atoms with van der Waals surface area (Å²) in [4.78, 5) is 4.54. The summed E-state index contributed by atoms with van der Waals surface area (Å²) in [6, 6.07) is 12.7. The van der Waals surface area contributed by atoms with Gasteiger partial charge in [0.05, 0.1) is 22.1 Å². The summed E-state index contributed by atoms with van der Waals surface area (Å²) in [5.41, 5.74) is 3.05. The van der Waals surface area contributed by atoms with Crippen molar-refractivity contribution in [3.8, 4) is 5.69 Å². The molecule has 0 aliphatic rings. The van der Waals surface area contributed by atoms with Crippen LogP contribution in [0.25, 0.3) is 16.7 Å². The van der Waals surface area contributed by atoms with Gasteiger partial charge in [0.1, 0.15) is 11.6 Å². The molecule has 0 spiro atoms. The molecule has 0 radical (unpaired) electrons. The Morgan fingerprint density at radius 2 is 1.90 bits per heavy atom. The summed E-state index contributed by atoms with van der Waals surface area (Å²) in [6.07, 6.45) is 0. The molecular formula is C16H14ClFN2. The second-order valence-corrected chi connectivity index (χ2v) is 5.47. The molecule has 1 atom stereocenters. The standard InChI is InChI=1S/C16H14ClFN2/c1-10-6-5-7-12(18)15(10)20-14-9-4-3-8-13(14)19-16(20)11(2)17/h3-9,11H,1-2H3. The van der Waals surface area contributed by atoms with Gasteiger partial charge in [-0.2, -0.15) is 0 Å². The summed E-state index contributed by atoms with van der Waals surface area (Å²) in [5.74, 6) is 0.382. The van der Waals surface area contributed by atoms with Crippen molar-refractivity contribution >= 4 is 22.6 Å². The van der Waals surface area contributed by atoms with Crippen molar-refractivity contribution in [2.24, 2.45) is 0 Å². The number of halogens is 2. The lowest BCUT2D eigenvalue weighted by Gasteiger charge is -2.14. The average molecular weight is 289 g/mol. The van der Waals surface area contributed by atoms with Crippen LogP contribution in [0.2, 0.25) is 0 Å². The summed E-state index contributed by atoms with van der Waals surface area (Å²) in [6.45, 7) is 3.73. The maximum Gasteiger partial charge on any atom is 0.147 e. The highest BCUT2D eigenvalue weighted by Crippen LogP contribution is 2.30. The summed E-state index contributed by atoms with van der Waals surface area (Å²) >= 11 is 6.23. The fourth-order valence-corrected chi connectivity index (χ4v) is 2.60. The number of hydrogen-bond donors (Lipinski definition) is 0. The summed E-state index contributed by atoms with van der Waals surface area (Å²) in [7, 11) is 0. The van der Waals surface area contributed by atoms with E-state index in [9.17, 15) is 4.39 Å². The normalized spacial score (nSPS) is 12.8. The molecule has 0 saturated heterocycles. The van der Waals surface area contributed by atoms with Gasteiger partial charge in [0.25, 0.3) is 0 Å². The minimum Gasteiger partial charge on any atom is -0.292 e. The van der Waals surface area contributed by atoms with Gasteiger partial charge in [-0.1, -0.05) is 24.3 Å². The van der Waals surface area contributed by atoms with Crippen LogP contribution in [-0.4, -0.2) is 9.55 Å². The highest BCUT2D eigenvalue weighted by Gasteiger charge is 2.19. The lowest BCUT2D eigenvalue weighted by Crippen LogP contribution is -2.06. The molecule has 0 N–H and O–H groups in total. The van der Waals surface area contributed by atoms with E-state index >= 15 is 0 Å². The first-order valence-corrected chi connectivity index (χ1v) is 6.90. The minimum absolute atomic E-state index is 0.272. The predicted molar refractivity (Wildman–Crippen MR) is 80.0 cm³/mol. The molecule has 1 unspecified atom stereocenters. The smallest absolute Gasteiger partial charge is 0.147 e. The maximum atomic E-state index is 14.3. The van der Waals surface area contributed by atoms with E-state index in [0.29, 0.717) is 11.5 Å². The van der Waals surface area contributed by atoms with Gasteiger partial charge in [0, 0.05) is 0 Å². The van der Waals surface area contributed by atoms with Crippen LogP contribution >= 0.6 is 11.6 Å². The molecule has 2 nitrogen and oxygen atoms in total. The molecule has 3 rings (SSSR count). The number of benzene rings is 2. The van der Waals surface area contributed by atoms with E-state index < -0.39 is 0 Å². The number of nitrogens with zero attached hydrogens (tertiary/aromatic N) is 2. The number of aromatic nitrogens is 2. The van der Waals surface area contributed by atoms with Crippen LogP contribution in [0.3, 0.4) is 0 Å². The number of rotatable bonds is 2. The molecule has 20 heavy (non-hydrogen) atoms. The predicted octanol–water partition coefficient (Wildman–Crippen LogP) is 4.77. The third kappa shape index (κ3) is 1.98. The number of imidazole rings is 1. The van der Waals surface area contributed by atoms with Crippen molar-refractivity contribution < 1.29 is 4.39 Å². The van der Waals surface area contributed by atoms with E-state index in [0.717, 1.165) is 16.6 Å². The summed E-state index contributed by atoms with van der Waals surface area (Å²) in [5, 5.41) is -0.304. The first-order chi connectivity index (χ1) is 9.59. The van der Waals surface area contributed by atoms with Crippen molar-refractivity contribution in [1.82, 2.24) is 9.55 Å². The second kappa shape index (κ2) is 4.91. The minimum atomic E-state index is -0.304. The van der Waals surface area contributed by atoms with Crippen molar-refractivity contribution in [3.63, 3.8) is 0 Å². The first kappa shape index (κ1) is 13.1. The zero-order chi connectivity index (χ0) is 14.3. The van der Waals surface area contributed by atoms with Crippen LogP contribution in [0.5, 0.6) is 0 Å². The molecule has 0 amide bonds. The number of para-hydroxylation sites is 3. The van der Waals surface area contributed by atoms with E-state index in [4.69, 9.17) is 11.6 Å².